The Morgan fingerprint density at radius 1 is 1.18 bits per heavy atom. The molecule has 1 aromatic carbocycles. The Kier molecular flexibility index (Phi) is 3.37. The molecule has 3 heterocycles. The molecule has 2 fully saturated rings. The van der Waals surface area contributed by atoms with Crippen molar-refractivity contribution >= 4 is 16.9 Å². The number of aryl methyl sites for hydroxylation is 1. The molecule has 2 aliphatic rings. The molecule has 116 valence electrons. The van der Waals surface area contributed by atoms with Crippen molar-refractivity contribution in [3.05, 3.63) is 23.9 Å². The summed E-state index contributed by atoms with van der Waals surface area (Å²) in [5.74, 6) is 1.71. The van der Waals surface area contributed by atoms with Crippen LogP contribution in [0, 0.1) is 6.92 Å². The molecule has 0 unspecified atom stereocenters. The van der Waals surface area contributed by atoms with E-state index in [1.165, 1.54) is 19.4 Å². The molecule has 0 N–H and O–H groups in total. The van der Waals surface area contributed by atoms with Gasteiger partial charge in [-0.05, 0) is 38.4 Å². The molecule has 2 saturated heterocycles. The molecular formula is C17H22N4O. The summed E-state index contributed by atoms with van der Waals surface area (Å²) < 4.78 is 5.32. The highest BCUT2D eigenvalue weighted by Gasteiger charge is 2.31. The number of piperazine rings is 1. The van der Waals surface area contributed by atoms with Crippen LogP contribution in [0.1, 0.15) is 18.5 Å². The van der Waals surface area contributed by atoms with Crippen LogP contribution in [0.15, 0.2) is 18.2 Å². The van der Waals surface area contributed by atoms with Crippen LogP contribution in [-0.2, 0) is 0 Å². The molecule has 0 amide bonds. The first-order valence-corrected chi connectivity index (χ1v) is 8.06. The summed E-state index contributed by atoms with van der Waals surface area (Å²) in [5, 5.41) is 1.10. The van der Waals surface area contributed by atoms with Gasteiger partial charge in [0.05, 0.1) is 18.3 Å². The lowest BCUT2D eigenvalue weighted by molar-refractivity contribution is 0.229. The summed E-state index contributed by atoms with van der Waals surface area (Å²) in [6, 6.07) is 6.69. The van der Waals surface area contributed by atoms with E-state index < -0.39 is 0 Å². The number of methoxy groups -OCH3 is 1. The standard InChI is InChI=1S/C17H22N4O/c1-12-15-6-5-14(22-2)10-16(15)19-17(18-12)21-9-8-20-7-3-4-13(20)11-21/h5-6,10,13H,3-4,7-9,11H2,1-2H3/t13-/m1/s1. The van der Waals surface area contributed by atoms with Gasteiger partial charge in [0.1, 0.15) is 5.75 Å². The Labute approximate surface area is 130 Å². The number of hydrogen-bond acceptors (Lipinski definition) is 5. The minimum absolute atomic E-state index is 0.679. The summed E-state index contributed by atoms with van der Waals surface area (Å²) in [4.78, 5) is 14.5. The predicted molar refractivity (Wildman–Crippen MR) is 87.6 cm³/mol. The molecule has 1 atom stereocenters. The van der Waals surface area contributed by atoms with E-state index in [0.717, 1.165) is 47.9 Å². The fraction of sp³-hybridized carbons (Fsp3) is 0.529. The maximum atomic E-state index is 5.32. The Balaban J connectivity index is 1.69. The second kappa shape index (κ2) is 5.39. The van der Waals surface area contributed by atoms with E-state index in [4.69, 9.17) is 14.7 Å². The third-order valence-corrected chi connectivity index (χ3v) is 4.95. The maximum Gasteiger partial charge on any atom is 0.226 e. The number of benzene rings is 1. The molecule has 5 heteroatoms. The number of ether oxygens (including phenoxy) is 1. The summed E-state index contributed by atoms with van der Waals surface area (Å²) >= 11 is 0. The number of nitrogens with zero attached hydrogens (tertiary/aromatic N) is 4. The molecule has 2 aliphatic heterocycles. The van der Waals surface area contributed by atoms with Gasteiger partial charge < -0.3 is 9.64 Å². The minimum Gasteiger partial charge on any atom is -0.497 e. The van der Waals surface area contributed by atoms with E-state index in [-0.39, 0.29) is 0 Å². The first-order chi connectivity index (χ1) is 10.7. The SMILES string of the molecule is COc1ccc2c(C)nc(N3CCN4CCC[C@@H]4C3)nc2c1. The van der Waals surface area contributed by atoms with Crippen molar-refractivity contribution in [2.24, 2.45) is 0 Å². The Morgan fingerprint density at radius 2 is 2.09 bits per heavy atom. The Hall–Kier alpha value is -1.88. The van der Waals surface area contributed by atoms with E-state index in [0.29, 0.717) is 6.04 Å². The topological polar surface area (TPSA) is 41.5 Å². The Morgan fingerprint density at radius 3 is 2.95 bits per heavy atom. The van der Waals surface area contributed by atoms with E-state index in [9.17, 15) is 0 Å². The lowest BCUT2D eigenvalue weighted by Crippen LogP contribution is -2.50. The fourth-order valence-corrected chi connectivity index (χ4v) is 3.69. The maximum absolute atomic E-state index is 5.32. The van der Waals surface area contributed by atoms with Gasteiger partial charge in [-0.25, -0.2) is 9.97 Å². The molecule has 0 spiro atoms. The number of fused-ring (bicyclic) bond motifs is 2. The van der Waals surface area contributed by atoms with Crippen LogP contribution in [0.3, 0.4) is 0 Å². The third-order valence-electron chi connectivity index (χ3n) is 4.95. The van der Waals surface area contributed by atoms with Crippen LogP contribution in [0.25, 0.3) is 10.9 Å². The van der Waals surface area contributed by atoms with Gasteiger partial charge >= 0.3 is 0 Å². The molecule has 0 bridgehead atoms. The summed E-state index contributed by atoms with van der Waals surface area (Å²) in [6.07, 6.45) is 2.63. The Bertz CT molecular complexity index is 702. The zero-order valence-corrected chi connectivity index (χ0v) is 13.2. The van der Waals surface area contributed by atoms with E-state index in [1.54, 1.807) is 7.11 Å². The zero-order chi connectivity index (χ0) is 15.1. The second-order valence-electron chi connectivity index (χ2n) is 6.27. The summed E-state index contributed by atoms with van der Waals surface area (Å²) in [5.41, 5.74) is 2.01. The van der Waals surface area contributed by atoms with Gasteiger partial charge in [-0.3, -0.25) is 4.90 Å². The van der Waals surface area contributed by atoms with Gasteiger partial charge in [-0.2, -0.15) is 0 Å². The molecule has 0 radical (unpaired) electrons. The van der Waals surface area contributed by atoms with Crippen LogP contribution in [0.4, 0.5) is 5.95 Å². The molecule has 5 nitrogen and oxygen atoms in total. The van der Waals surface area contributed by atoms with E-state index in [1.807, 2.05) is 18.2 Å². The smallest absolute Gasteiger partial charge is 0.226 e. The highest BCUT2D eigenvalue weighted by atomic mass is 16.5. The lowest BCUT2D eigenvalue weighted by atomic mass is 10.1. The monoisotopic (exact) mass is 298 g/mol. The van der Waals surface area contributed by atoms with Crippen molar-refractivity contribution in [3.63, 3.8) is 0 Å². The fourth-order valence-electron chi connectivity index (χ4n) is 3.69. The van der Waals surface area contributed by atoms with Gasteiger partial charge in [0, 0.05) is 37.1 Å². The van der Waals surface area contributed by atoms with Gasteiger partial charge in [0.25, 0.3) is 0 Å². The number of anilines is 1. The van der Waals surface area contributed by atoms with Gasteiger partial charge in [-0.1, -0.05) is 0 Å². The first-order valence-electron chi connectivity index (χ1n) is 8.06. The largest absolute Gasteiger partial charge is 0.497 e. The average Bonchev–Trinajstić information content (AvgIpc) is 3.01. The molecule has 4 rings (SSSR count). The van der Waals surface area contributed by atoms with Gasteiger partial charge in [-0.15, -0.1) is 0 Å². The second-order valence-corrected chi connectivity index (χ2v) is 6.27. The van der Waals surface area contributed by atoms with Crippen LogP contribution in [-0.4, -0.2) is 54.2 Å². The van der Waals surface area contributed by atoms with Crippen molar-refractivity contribution in [3.8, 4) is 5.75 Å². The van der Waals surface area contributed by atoms with Crippen molar-refractivity contribution in [1.82, 2.24) is 14.9 Å². The molecular weight excluding hydrogens is 276 g/mol. The van der Waals surface area contributed by atoms with Crippen LogP contribution >= 0.6 is 0 Å². The molecule has 0 saturated carbocycles. The quantitative estimate of drug-likeness (QED) is 0.850. The summed E-state index contributed by atoms with van der Waals surface area (Å²) in [6.45, 7) is 6.52. The molecule has 22 heavy (non-hydrogen) atoms. The highest BCUT2D eigenvalue weighted by Crippen LogP contribution is 2.27. The van der Waals surface area contributed by atoms with E-state index in [2.05, 4.69) is 16.7 Å². The summed E-state index contributed by atoms with van der Waals surface area (Å²) in [7, 11) is 1.69. The van der Waals surface area contributed by atoms with Gasteiger partial charge in [0.15, 0.2) is 0 Å². The average molecular weight is 298 g/mol. The van der Waals surface area contributed by atoms with E-state index >= 15 is 0 Å². The van der Waals surface area contributed by atoms with Gasteiger partial charge in [0.2, 0.25) is 5.95 Å². The lowest BCUT2D eigenvalue weighted by Gasteiger charge is -2.37. The van der Waals surface area contributed by atoms with Crippen molar-refractivity contribution < 1.29 is 4.74 Å². The van der Waals surface area contributed by atoms with Crippen molar-refractivity contribution in [2.75, 3.05) is 38.2 Å². The minimum atomic E-state index is 0.679. The zero-order valence-electron chi connectivity index (χ0n) is 13.2. The van der Waals surface area contributed by atoms with Crippen molar-refractivity contribution in [1.29, 1.82) is 0 Å². The highest BCUT2D eigenvalue weighted by molar-refractivity contribution is 5.83. The van der Waals surface area contributed by atoms with Crippen LogP contribution in [0.5, 0.6) is 5.75 Å². The molecule has 0 aliphatic carbocycles. The predicted octanol–water partition coefficient (Wildman–Crippen LogP) is 2.23. The first kappa shape index (κ1) is 13.8. The van der Waals surface area contributed by atoms with Crippen LogP contribution in [0.2, 0.25) is 0 Å². The van der Waals surface area contributed by atoms with Crippen molar-refractivity contribution in [2.45, 2.75) is 25.8 Å². The van der Waals surface area contributed by atoms with Crippen LogP contribution < -0.4 is 9.64 Å². The molecule has 1 aromatic heterocycles. The third kappa shape index (κ3) is 2.29. The number of rotatable bonds is 2. The number of aromatic nitrogens is 2. The normalized spacial score (nSPS) is 22.1. The molecule has 2 aromatic rings. The number of hydrogen-bond donors (Lipinski definition) is 0.